The molecule has 2 fully saturated rings. The van der Waals surface area contributed by atoms with E-state index < -0.39 is 0 Å². The number of hydrogen-bond donors (Lipinski definition) is 1. The largest absolute Gasteiger partial charge is 0.314 e. The van der Waals surface area contributed by atoms with E-state index in [0.29, 0.717) is 6.04 Å². The lowest BCUT2D eigenvalue weighted by molar-refractivity contribution is 0.436. The molecule has 1 aromatic rings. The van der Waals surface area contributed by atoms with Gasteiger partial charge in [0.15, 0.2) is 0 Å². The maximum Gasteiger partial charge on any atom is 0.0627 e. The normalized spacial score (nSPS) is 21.9. The third kappa shape index (κ3) is 3.59. The molecular weight excluding hydrogens is 234 g/mol. The highest BCUT2D eigenvalue weighted by Gasteiger charge is 2.22. The molecule has 0 amide bonds. The van der Waals surface area contributed by atoms with E-state index in [9.17, 15) is 0 Å². The summed E-state index contributed by atoms with van der Waals surface area (Å²) in [4.78, 5) is 0. The summed E-state index contributed by atoms with van der Waals surface area (Å²) in [7, 11) is 0. The molecule has 1 heterocycles. The molecule has 3 nitrogen and oxygen atoms in total. The van der Waals surface area contributed by atoms with Crippen LogP contribution in [0.4, 0.5) is 0 Å². The smallest absolute Gasteiger partial charge is 0.0627 e. The highest BCUT2D eigenvalue weighted by Crippen LogP contribution is 2.29. The third-order valence-corrected chi connectivity index (χ3v) is 4.71. The van der Waals surface area contributed by atoms with Crippen LogP contribution in [-0.2, 0) is 6.42 Å². The van der Waals surface area contributed by atoms with Crippen LogP contribution in [0, 0.1) is 5.92 Å². The molecule has 3 rings (SSSR count). The van der Waals surface area contributed by atoms with Crippen molar-refractivity contribution >= 4 is 0 Å². The minimum absolute atomic E-state index is 0.679. The van der Waals surface area contributed by atoms with Gasteiger partial charge in [-0.05, 0) is 50.6 Å². The lowest BCUT2D eigenvalue weighted by Gasteiger charge is -2.14. The first kappa shape index (κ1) is 13.2. The van der Waals surface area contributed by atoms with Crippen LogP contribution in [0.25, 0.3) is 0 Å². The lowest BCUT2D eigenvalue weighted by atomic mass is 10.0. The molecule has 0 saturated heterocycles. The van der Waals surface area contributed by atoms with Crippen molar-refractivity contribution in [3.8, 4) is 0 Å². The number of rotatable bonds is 7. The SMILES string of the molecule is CCC(CNC1CC1)Cc1ccn(C2CCCC2)n1. The van der Waals surface area contributed by atoms with Gasteiger partial charge in [0.1, 0.15) is 0 Å². The quantitative estimate of drug-likeness (QED) is 0.816. The Bertz CT molecular complexity index is 388. The molecule has 1 unspecified atom stereocenters. The molecule has 0 radical (unpaired) electrons. The van der Waals surface area contributed by atoms with Gasteiger partial charge in [0.05, 0.1) is 11.7 Å². The first-order chi connectivity index (χ1) is 9.35. The van der Waals surface area contributed by atoms with E-state index in [1.54, 1.807) is 0 Å². The molecule has 1 N–H and O–H groups in total. The number of nitrogens with one attached hydrogen (secondary N) is 1. The maximum atomic E-state index is 4.81. The summed E-state index contributed by atoms with van der Waals surface area (Å²) in [6.07, 6.45) is 12.7. The van der Waals surface area contributed by atoms with Gasteiger partial charge in [0.25, 0.3) is 0 Å². The van der Waals surface area contributed by atoms with E-state index in [4.69, 9.17) is 5.10 Å². The standard InChI is InChI=1S/C16H27N3/c1-2-13(12-17-14-7-8-14)11-15-9-10-19(18-15)16-5-3-4-6-16/h9-10,13-14,16-17H,2-8,11-12H2,1H3. The monoisotopic (exact) mass is 261 g/mol. The van der Waals surface area contributed by atoms with Crippen molar-refractivity contribution in [2.24, 2.45) is 5.92 Å². The van der Waals surface area contributed by atoms with Gasteiger partial charge in [-0.3, -0.25) is 4.68 Å². The summed E-state index contributed by atoms with van der Waals surface area (Å²) in [5.41, 5.74) is 1.29. The van der Waals surface area contributed by atoms with Crippen molar-refractivity contribution in [1.29, 1.82) is 0 Å². The van der Waals surface area contributed by atoms with Crippen LogP contribution in [0.3, 0.4) is 0 Å². The average Bonchev–Trinajstić information content (AvgIpc) is 2.93. The fourth-order valence-corrected chi connectivity index (χ4v) is 3.14. The van der Waals surface area contributed by atoms with Gasteiger partial charge >= 0.3 is 0 Å². The zero-order valence-electron chi connectivity index (χ0n) is 12.1. The fraction of sp³-hybridized carbons (Fsp3) is 0.812. The predicted octanol–water partition coefficient (Wildman–Crippen LogP) is 3.32. The van der Waals surface area contributed by atoms with Crippen LogP contribution in [-0.4, -0.2) is 22.4 Å². The van der Waals surface area contributed by atoms with Crippen LogP contribution >= 0.6 is 0 Å². The van der Waals surface area contributed by atoms with Crippen molar-refractivity contribution < 1.29 is 0 Å². The van der Waals surface area contributed by atoms with E-state index in [2.05, 4.69) is 29.2 Å². The molecule has 19 heavy (non-hydrogen) atoms. The Hall–Kier alpha value is -0.830. The summed E-state index contributed by atoms with van der Waals surface area (Å²) in [6.45, 7) is 3.46. The Morgan fingerprint density at radius 3 is 2.79 bits per heavy atom. The van der Waals surface area contributed by atoms with Crippen LogP contribution in [0.5, 0.6) is 0 Å². The number of hydrogen-bond acceptors (Lipinski definition) is 2. The molecule has 1 aromatic heterocycles. The predicted molar refractivity (Wildman–Crippen MR) is 78.2 cm³/mol. The number of aromatic nitrogens is 2. The molecule has 2 aliphatic rings. The maximum absolute atomic E-state index is 4.81. The van der Waals surface area contributed by atoms with Crippen LogP contribution in [0.15, 0.2) is 12.3 Å². The second kappa shape index (κ2) is 6.08. The molecule has 1 atom stereocenters. The Morgan fingerprint density at radius 1 is 1.32 bits per heavy atom. The lowest BCUT2D eigenvalue weighted by Crippen LogP contribution is -2.25. The minimum atomic E-state index is 0.679. The Labute approximate surface area is 116 Å². The summed E-state index contributed by atoms with van der Waals surface area (Å²) in [5.74, 6) is 0.743. The van der Waals surface area contributed by atoms with Crippen LogP contribution in [0.1, 0.15) is 63.6 Å². The van der Waals surface area contributed by atoms with Gasteiger partial charge in [-0.1, -0.05) is 26.2 Å². The van der Waals surface area contributed by atoms with Gasteiger partial charge in [0, 0.05) is 12.2 Å². The van der Waals surface area contributed by atoms with Gasteiger partial charge in [-0.25, -0.2) is 0 Å². The fourth-order valence-electron chi connectivity index (χ4n) is 3.14. The van der Waals surface area contributed by atoms with Crippen molar-refractivity contribution in [3.05, 3.63) is 18.0 Å². The zero-order chi connectivity index (χ0) is 13.1. The molecule has 0 spiro atoms. The molecule has 0 bridgehead atoms. The first-order valence-electron chi connectivity index (χ1n) is 8.12. The highest BCUT2D eigenvalue weighted by molar-refractivity contribution is 5.02. The molecular formula is C16H27N3. The van der Waals surface area contributed by atoms with Gasteiger partial charge < -0.3 is 5.32 Å². The second-order valence-corrected chi connectivity index (χ2v) is 6.39. The molecule has 106 valence electrons. The van der Waals surface area contributed by atoms with Gasteiger partial charge in [-0.15, -0.1) is 0 Å². The highest BCUT2D eigenvalue weighted by atomic mass is 15.3. The van der Waals surface area contributed by atoms with Crippen molar-refractivity contribution in [2.45, 2.75) is 70.4 Å². The molecule has 3 heteroatoms. The topological polar surface area (TPSA) is 29.9 Å². The minimum Gasteiger partial charge on any atom is -0.314 e. The number of nitrogens with zero attached hydrogens (tertiary/aromatic N) is 2. The van der Waals surface area contributed by atoms with Crippen molar-refractivity contribution in [3.63, 3.8) is 0 Å². The summed E-state index contributed by atoms with van der Waals surface area (Å²) < 4.78 is 2.23. The molecule has 2 aliphatic carbocycles. The van der Waals surface area contributed by atoms with Crippen molar-refractivity contribution in [1.82, 2.24) is 15.1 Å². The molecule has 0 aromatic carbocycles. The summed E-state index contributed by atoms with van der Waals surface area (Å²) in [5, 5.41) is 8.47. The Morgan fingerprint density at radius 2 is 2.11 bits per heavy atom. The van der Waals surface area contributed by atoms with E-state index in [1.807, 2.05) is 0 Å². The second-order valence-electron chi connectivity index (χ2n) is 6.39. The average molecular weight is 261 g/mol. The zero-order valence-corrected chi connectivity index (χ0v) is 12.1. The van der Waals surface area contributed by atoms with Gasteiger partial charge in [0.2, 0.25) is 0 Å². The molecule has 0 aliphatic heterocycles. The Kier molecular flexibility index (Phi) is 4.21. The summed E-state index contributed by atoms with van der Waals surface area (Å²) in [6, 6.07) is 3.74. The molecule has 2 saturated carbocycles. The summed E-state index contributed by atoms with van der Waals surface area (Å²) >= 11 is 0. The Balaban J connectivity index is 1.52. The van der Waals surface area contributed by atoms with E-state index >= 15 is 0 Å². The van der Waals surface area contributed by atoms with E-state index in [0.717, 1.165) is 24.9 Å². The first-order valence-corrected chi connectivity index (χ1v) is 8.12. The van der Waals surface area contributed by atoms with E-state index in [1.165, 1.54) is 50.6 Å². The third-order valence-electron chi connectivity index (χ3n) is 4.71. The van der Waals surface area contributed by atoms with Crippen LogP contribution < -0.4 is 5.32 Å². The van der Waals surface area contributed by atoms with Crippen LogP contribution in [0.2, 0.25) is 0 Å². The van der Waals surface area contributed by atoms with E-state index in [-0.39, 0.29) is 0 Å². The van der Waals surface area contributed by atoms with Crippen molar-refractivity contribution in [2.75, 3.05) is 6.54 Å². The van der Waals surface area contributed by atoms with Gasteiger partial charge in [-0.2, -0.15) is 5.10 Å².